The predicted octanol–water partition coefficient (Wildman–Crippen LogP) is 2.16. The highest BCUT2D eigenvalue weighted by atomic mass is 32.2. The van der Waals surface area contributed by atoms with Crippen molar-refractivity contribution in [1.29, 1.82) is 0 Å². The summed E-state index contributed by atoms with van der Waals surface area (Å²) in [4.78, 5) is 0. The Morgan fingerprint density at radius 1 is 1.32 bits per heavy atom. The first-order chi connectivity index (χ1) is 8.96. The van der Waals surface area contributed by atoms with E-state index in [0.29, 0.717) is 21.3 Å². The lowest BCUT2D eigenvalue weighted by atomic mass is 10.2. The summed E-state index contributed by atoms with van der Waals surface area (Å²) >= 11 is 1.18. The highest BCUT2D eigenvalue weighted by Gasteiger charge is 2.22. The Hall–Kier alpha value is -1.73. The summed E-state index contributed by atoms with van der Waals surface area (Å²) in [5.41, 5.74) is 6.68. The zero-order chi connectivity index (χ0) is 14.0. The highest BCUT2D eigenvalue weighted by Crippen LogP contribution is 2.30. The molecule has 2 rings (SSSR count). The third-order valence-corrected chi connectivity index (χ3v) is 5.85. The molecule has 0 aliphatic heterocycles. The van der Waals surface area contributed by atoms with Crippen molar-refractivity contribution in [1.82, 2.24) is 0 Å². The number of nitrogens with two attached hydrogens (primary N) is 1. The first kappa shape index (κ1) is 13.7. The van der Waals surface area contributed by atoms with Crippen molar-refractivity contribution in [3.05, 3.63) is 35.7 Å². The number of anilines is 2. The number of benzene rings is 1. The van der Waals surface area contributed by atoms with Crippen LogP contribution in [0.2, 0.25) is 0 Å². The van der Waals surface area contributed by atoms with Crippen LogP contribution in [0.15, 0.2) is 39.9 Å². The summed E-state index contributed by atoms with van der Waals surface area (Å²) in [7, 11) is -0.522. The first-order valence-corrected chi connectivity index (χ1v) is 7.74. The molecule has 0 spiro atoms. The lowest BCUT2D eigenvalue weighted by molar-refractivity contribution is 0.417. The van der Waals surface area contributed by atoms with Crippen LogP contribution in [0.5, 0.6) is 5.75 Å². The summed E-state index contributed by atoms with van der Waals surface area (Å²) in [6.45, 7) is 0. The predicted molar refractivity (Wildman–Crippen MR) is 77.3 cm³/mol. The van der Waals surface area contributed by atoms with Crippen molar-refractivity contribution in [3.63, 3.8) is 0 Å². The van der Waals surface area contributed by atoms with Gasteiger partial charge in [-0.1, -0.05) is 6.07 Å². The van der Waals surface area contributed by atoms with Gasteiger partial charge >= 0.3 is 0 Å². The van der Waals surface area contributed by atoms with Gasteiger partial charge in [0.2, 0.25) is 0 Å². The van der Waals surface area contributed by atoms with Crippen molar-refractivity contribution in [2.75, 3.05) is 24.2 Å². The molecule has 7 heteroatoms. The van der Waals surface area contributed by atoms with E-state index in [4.69, 9.17) is 10.5 Å². The lowest BCUT2D eigenvalue weighted by Crippen LogP contribution is -2.25. The molecule has 0 aliphatic rings. The topological polar surface area (TPSA) is 72.6 Å². The second-order valence-corrected chi connectivity index (χ2v) is 6.97. The van der Waals surface area contributed by atoms with Gasteiger partial charge < -0.3 is 10.5 Å². The molecule has 0 radical (unpaired) electrons. The fourth-order valence-corrected chi connectivity index (χ4v) is 3.95. The largest absolute Gasteiger partial charge is 0.495 e. The van der Waals surface area contributed by atoms with Gasteiger partial charge in [-0.3, -0.25) is 4.31 Å². The molecule has 0 saturated carbocycles. The zero-order valence-electron chi connectivity index (χ0n) is 10.5. The highest BCUT2D eigenvalue weighted by molar-refractivity contribution is 7.94. The second-order valence-electron chi connectivity index (χ2n) is 3.83. The molecule has 0 bridgehead atoms. The third-order valence-electron chi connectivity index (χ3n) is 2.69. The van der Waals surface area contributed by atoms with Gasteiger partial charge in [-0.25, -0.2) is 8.42 Å². The number of hydrogen-bond donors (Lipinski definition) is 1. The molecule has 0 amide bonds. The van der Waals surface area contributed by atoms with Crippen LogP contribution < -0.4 is 14.8 Å². The van der Waals surface area contributed by atoms with E-state index in [-0.39, 0.29) is 0 Å². The molecule has 0 aliphatic carbocycles. The monoisotopic (exact) mass is 298 g/mol. The molecular weight excluding hydrogens is 284 g/mol. The van der Waals surface area contributed by atoms with Gasteiger partial charge in [-0.05, 0) is 29.6 Å². The molecule has 0 fully saturated rings. The molecule has 1 aromatic heterocycles. The minimum Gasteiger partial charge on any atom is -0.495 e. The molecule has 0 unspecified atom stereocenters. The van der Waals surface area contributed by atoms with Gasteiger partial charge in [0.15, 0.2) is 0 Å². The number of nitrogen functional groups attached to an aromatic ring is 1. The standard InChI is InChI=1S/C12H14N2O3S2/c1-14(19(15,16)12-4-3-7-18-12)9-5-6-11(17-2)10(13)8-9/h3-8H,13H2,1-2H3. The van der Waals surface area contributed by atoms with Crippen LogP contribution in [-0.4, -0.2) is 22.6 Å². The molecule has 0 saturated heterocycles. The lowest BCUT2D eigenvalue weighted by Gasteiger charge is -2.19. The van der Waals surface area contributed by atoms with Crippen LogP contribution in [0.3, 0.4) is 0 Å². The van der Waals surface area contributed by atoms with Gasteiger partial charge in [0.05, 0.1) is 18.5 Å². The first-order valence-electron chi connectivity index (χ1n) is 5.43. The maximum atomic E-state index is 12.3. The quantitative estimate of drug-likeness (QED) is 0.878. The Balaban J connectivity index is 2.40. The fraction of sp³-hybridized carbons (Fsp3) is 0.167. The average Bonchev–Trinajstić information content (AvgIpc) is 2.92. The van der Waals surface area contributed by atoms with Crippen LogP contribution in [-0.2, 0) is 10.0 Å². The van der Waals surface area contributed by atoms with Gasteiger partial charge in [0, 0.05) is 7.05 Å². The molecule has 5 nitrogen and oxygen atoms in total. The number of nitrogens with zero attached hydrogens (tertiary/aromatic N) is 1. The average molecular weight is 298 g/mol. The van der Waals surface area contributed by atoms with E-state index in [2.05, 4.69) is 0 Å². The van der Waals surface area contributed by atoms with Crippen LogP contribution in [0.1, 0.15) is 0 Å². The normalized spacial score (nSPS) is 11.3. The van der Waals surface area contributed by atoms with E-state index in [1.165, 1.54) is 29.8 Å². The second kappa shape index (κ2) is 5.10. The smallest absolute Gasteiger partial charge is 0.273 e. The SMILES string of the molecule is COc1ccc(N(C)S(=O)(=O)c2cccs2)cc1N. The van der Waals surface area contributed by atoms with Crippen molar-refractivity contribution < 1.29 is 13.2 Å². The molecule has 19 heavy (non-hydrogen) atoms. The van der Waals surface area contributed by atoms with Gasteiger partial charge in [0.25, 0.3) is 10.0 Å². The molecule has 2 aromatic rings. The Morgan fingerprint density at radius 3 is 2.58 bits per heavy atom. The van der Waals surface area contributed by atoms with E-state index in [1.807, 2.05) is 0 Å². The van der Waals surface area contributed by atoms with Gasteiger partial charge in [0.1, 0.15) is 9.96 Å². The molecule has 1 heterocycles. The zero-order valence-corrected chi connectivity index (χ0v) is 12.2. The minimum absolute atomic E-state index is 0.296. The summed E-state index contributed by atoms with van der Waals surface area (Å²) < 4.78 is 31.2. The number of sulfonamides is 1. The Labute approximate surface area is 116 Å². The number of ether oxygens (including phenoxy) is 1. The van der Waals surface area contributed by atoms with Crippen LogP contribution in [0.25, 0.3) is 0 Å². The summed E-state index contributed by atoms with van der Waals surface area (Å²) in [5, 5.41) is 1.73. The van der Waals surface area contributed by atoms with E-state index in [1.54, 1.807) is 35.7 Å². The molecular formula is C12H14N2O3S2. The van der Waals surface area contributed by atoms with Crippen molar-refractivity contribution in [2.45, 2.75) is 4.21 Å². The molecule has 2 N–H and O–H groups in total. The van der Waals surface area contributed by atoms with Gasteiger partial charge in [-0.15, -0.1) is 11.3 Å². The molecule has 0 atom stereocenters. The van der Waals surface area contributed by atoms with E-state index in [0.717, 1.165) is 0 Å². The Bertz CT molecular complexity index is 666. The summed E-state index contributed by atoms with van der Waals surface area (Å²) in [6, 6.07) is 8.15. The van der Waals surface area contributed by atoms with Crippen LogP contribution in [0, 0.1) is 0 Å². The summed E-state index contributed by atoms with van der Waals surface area (Å²) in [5.74, 6) is 0.519. The van der Waals surface area contributed by atoms with E-state index in [9.17, 15) is 8.42 Å². The van der Waals surface area contributed by atoms with E-state index < -0.39 is 10.0 Å². The summed E-state index contributed by atoms with van der Waals surface area (Å²) in [6.07, 6.45) is 0. The number of rotatable bonds is 4. The minimum atomic E-state index is -3.53. The fourth-order valence-electron chi connectivity index (χ4n) is 1.60. The number of methoxy groups -OCH3 is 1. The van der Waals surface area contributed by atoms with Crippen LogP contribution in [0.4, 0.5) is 11.4 Å². The van der Waals surface area contributed by atoms with E-state index >= 15 is 0 Å². The van der Waals surface area contributed by atoms with Gasteiger partial charge in [-0.2, -0.15) is 0 Å². The van der Waals surface area contributed by atoms with Crippen LogP contribution >= 0.6 is 11.3 Å². The molecule has 102 valence electrons. The maximum Gasteiger partial charge on any atom is 0.273 e. The third kappa shape index (κ3) is 2.52. The maximum absolute atomic E-state index is 12.3. The van der Waals surface area contributed by atoms with Crippen molar-refractivity contribution >= 4 is 32.7 Å². The Morgan fingerprint density at radius 2 is 2.05 bits per heavy atom. The van der Waals surface area contributed by atoms with Crippen molar-refractivity contribution in [2.24, 2.45) is 0 Å². The number of hydrogen-bond acceptors (Lipinski definition) is 5. The van der Waals surface area contributed by atoms with Crippen molar-refractivity contribution in [3.8, 4) is 5.75 Å². The number of thiophene rings is 1. The molecule has 1 aromatic carbocycles. The Kier molecular flexibility index (Phi) is 3.68.